The topological polar surface area (TPSA) is 20.2 Å². The van der Waals surface area contributed by atoms with Crippen LogP contribution < -0.4 is 5.46 Å². The normalized spacial score (nSPS) is 11.8. The molecule has 0 aliphatic heterocycles. The molecular formula is C12H15BO. The van der Waals surface area contributed by atoms with Gasteiger partial charge in [-0.15, -0.1) is 0 Å². The molecule has 1 nitrogen and oxygen atoms in total. The average Bonchev–Trinajstić information content (AvgIpc) is 2.17. The van der Waals surface area contributed by atoms with Crippen molar-refractivity contribution in [3.05, 3.63) is 34.9 Å². The summed E-state index contributed by atoms with van der Waals surface area (Å²) in [5.41, 5.74) is 3.91. The Balaban J connectivity index is 3.02. The summed E-state index contributed by atoms with van der Waals surface area (Å²) in [4.78, 5) is 0. The molecule has 1 rings (SSSR count). The molecule has 0 unspecified atom stereocenters. The van der Waals surface area contributed by atoms with Crippen molar-refractivity contribution in [2.45, 2.75) is 20.3 Å². The molecule has 1 N–H and O–H groups in total. The molecule has 0 spiro atoms. The minimum absolute atomic E-state index is 0.101. The first-order valence-corrected chi connectivity index (χ1v) is 4.83. The van der Waals surface area contributed by atoms with E-state index in [9.17, 15) is 0 Å². The highest BCUT2D eigenvalue weighted by Gasteiger charge is 1.97. The van der Waals surface area contributed by atoms with Crippen molar-refractivity contribution in [1.29, 1.82) is 0 Å². The van der Waals surface area contributed by atoms with Gasteiger partial charge in [0.15, 0.2) is 0 Å². The first-order valence-electron chi connectivity index (χ1n) is 4.83. The smallest absolute Gasteiger partial charge is 0.114 e. The number of aliphatic hydroxyl groups is 1. The Bertz CT molecular complexity index is 336. The molecule has 0 aromatic heterocycles. The summed E-state index contributed by atoms with van der Waals surface area (Å²) < 4.78 is 0. The zero-order valence-corrected chi connectivity index (χ0v) is 8.75. The fraction of sp³-hybridized carbons (Fsp3) is 0.333. The third-order valence-electron chi connectivity index (χ3n) is 2.26. The van der Waals surface area contributed by atoms with E-state index in [0.717, 1.165) is 28.6 Å². The van der Waals surface area contributed by atoms with Crippen LogP contribution in [0, 0.1) is 6.92 Å². The molecule has 0 saturated heterocycles. The van der Waals surface area contributed by atoms with Crippen LogP contribution in [-0.4, -0.2) is 19.6 Å². The molecule has 0 aliphatic carbocycles. The van der Waals surface area contributed by atoms with Gasteiger partial charge in [-0.3, -0.25) is 0 Å². The van der Waals surface area contributed by atoms with E-state index in [-0.39, 0.29) is 6.61 Å². The predicted octanol–water partition coefficient (Wildman–Crippen LogP) is 1.57. The zero-order valence-electron chi connectivity index (χ0n) is 8.75. The molecule has 2 heteroatoms. The van der Waals surface area contributed by atoms with Gasteiger partial charge in [0.1, 0.15) is 7.85 Å². The second kappa shape index (κ2) is 5.01. The van der Waals surface area contributed by atoms with Crippen LogP contribution in [0.3, 0.4) is 0 Å². The average molecular weight is 186 g/mol. The molecule has 0 heterocycles. The maximum atomic E-state index is 9.02. The van der Waals surface area contributed by atoms with Crippen LogP contribution in [0.5, 0.6) is 0 Å². The molecule has 0 saturated carbocycles. The maximum absolute atomic E-state index is 9.02. The molecule has 0 amide bonds. The highest BCUT2D eigenvalue weighted by atomic mass is 16.3. The molecule has 1 aromatic carbocycles. The second-order valence-electron chi connectivity index (χ2n) is 3.45. The number of benzene rings is 1. The first kappa shape index (κ1) is 11.1. The predicted molar refractivity (Wildman–Crippen MR) is 61.9 cm³/mol. The number of hydrogen-bond acceptors (Lipinski definition) is 1. The molecule has 0 aliphatic rings. The van der Waals surface area contributed by atoms with E-state index in [1.807, 2.05) is 38.1 Å². The first-order chi connectivity index (χ1) is 6.67. The summed E-state index contributed by atoms with van der Waals surface area (Å²) in [5.74, 6) is 0. The summed E-state index contributed by atoms with van der Waals surface area (Å²) in [7, 11) is 5.85. The zero-order chi connectivity index (χ0) is 10.6. The summed E-state index contributed by atoms with van der Waals surface area (Å²) >= 11 is 0. The maximum Gasteiger partial charge on any atom is 0.114 e. The fourth-order valence-electron chi connectivity index (χ4n) is 1.31. The van der Waals surface area contributed by atoms with E-state index in [4.69, 9.17) is 13.0 Å². The third kappa shape index (κ3) is 2.74. The number of aliphatic hydroxyl groups excluding tert-OH is 1. The molecule has 2 radical (unpaired) electrons. The third-order valence-corrected chi connectivity index (χ3v) is 2.26. The Kier molecular flexibility index (Phi) is 3.96. The van der Waals surface area contributed by atoms with E-state index >= 15 is 0 Å². The second-order valence-corrected chi connectivity index (χ2v) is 3.45. The molecule has 0 bridgehead atoms. The van der Waals surface area contributed by atoms with Crippen molar-refractivity contribution in [1.82, 2.24) is 0 Å². The van der Waals surface area contributed by atoms with Gasteiger partial charge < -0.3 is 5.11 Å². The van der Waals surface area contributed by atoms with Crippen LogP contribution in [0.4, 0.5) is 0 Å². The van der Waals surface area contributed by atoms with Crippen molar-refractivity contribution < 1.29 is 5.11 Å². The van der Waals surface area contributed by atoms with Gasteiger partial charge in [-0.05, 0) is 24.5 Å². The summed E-state index contributed by atoms with van der Waals surface area (Å²) in [6.45, 7) is 4.13. The Morgan fingerprint density at radius 1 is 1.50 bits per heavy atom. The molecular weight excluding hydrogens is 171 g/mol. The Labute approximate surface area is 86.9 Å². The molecule has 14 heavy (non-hydrogen) atoms. The summed E-state index contributed by atoms with van der Waals surface area (Å²) in [6.07, 6.45) is 2.80. The van der Waals surface area contributed by atoms with E-state index in [2.05, 4.69) is 0 Å². The van der Waals surface area contributed by atoms with Crippen molar-refractivity contribution in [2.24, 2.45) is 0 Å². The van der Waals surface area contributed by atoms with Crippen molar-refractivity contribution in [3.8, 4) is 0 Å². The van der Waals surface area contributed by atoms with Crippen LogP contribution in [0.1, 0.15) is 24.5 Å². The van der Waals surface area contributed by atoms with Gasteiger partial charge in [-0.25, -0.2) is 0 Å². The Morgan fingerprint density at radius 3 is 2.71 bits per heavy atom. The van der Waals surface area contributed by atoms with Crippen LogP contribution >= 0.6 is 0 Å². The lowest BCUT2D eigenvalue weighted by Gasteiger charge is -2.05. The van der Waals surface area contributed by atoms with Gasteiger partial charge in [0.25, 0.3) is 0 Å². The lowest BCUT2D eigenvalue weighted by atomic mass is 9.88. The minimum Gasteiger partial charge on any atom is -0.392 e. The van der Waals surface area contributed by atoms with Crippen LogP contribution in [0.2, 0.25) is 0 Å². The van der Waals surface area contributed by atoms with Crippen molar-refractivity contribution in [2.75, 3.05) is 6.61 Å². The van der Waals surface area contributed by atoms with Crippen molar-refractivity contribution >= 4 is 19.4 Å². The van der Waals surface area contributed by atoms with Gasteiger partial charge >= 0.3 is 0 Å². The Morgan fingerprint density at radius 2 is 2.21 bits per heavy atom. The largest absolute Gasteiger partial charge is 0.392 e. The van der Waals surface area contributed by atoms with Gasteiger partial charge in [0.05, 0.1) is 6.61 Å². The SMILES string of the molecule is [B]c1cc(C)ccc1/C=C(\CC)CO. The highest BCUT2D eigenvalue weighted by Crippen LogP contribution is 2.08. The van der Waals surface area contributed by atoms with Crippen LogP contribution in [0.25, 0.3) is 6.08 Å². The number of aryl methyl sites for hydroxylation is 1. The quantitative estimate of drug-likeness (QED) is 0.710. The fourth-order valence-corrected chi connectivity index (χ4v) is 1.31. The van der Waals surface area contributed by atoms with E-state index in [0.29, 0.717) is 0 Å². The number of hydrogen-bond donors (Lipinski definition) is 1. The number of rotatable bonds is 3. The molecule has 0 fully saturated rings. The Hall–Kier alpha value is -1.02. The summed E-state index contributed by atoms with van der Waals surface area (Å²) in [6, 6.07) is 5.94. The van der Waals surface area contributed by atoms with E-state index in [1.165, 1.54) is 0 Å². The standard InChI is InChI=1S/C12H15BO/c1-3-10(8-14)7-11-5-4-9(2)6-12(11)13/h4-7,14H,3,8H2,1-2H3/b10-7+. The minimum atomic E-state index is 0.101. The van der Waals surface area contributed by atoms with Gasteiger partial charge in [-0.2, -0.15) is 0 Å². The molecule has 1 aromatic rings. The lowest BCUT2D eigenvalue weighted by Crippen LogP contribution is -2.07. The van der Waals surface area contributed by atoms with Gasteiger partial charge in [0.2, 0.25) is 0 Å². The van der Waals surface area contributed by atoms with Gasteiger partial charge in [0, 0.05) is 0 Å². The monoisotopic (exact) mass is 186 g/mol. The highest BCUT2D eigenvalue weighted by molar-refractivity contribution is 6.34. The lowest BCUT2D eigenvalue weighted by molar-refractivity contribution is 0.329. The molecule has 0 atom stereocenters. The summed E-state index contributed by atoms with van der Waals surface area (Å²) in [5, 5.41) is 9.02. The van der Waals surface area contributed by atoms with E-state index < -0.39 is 0 Å². The van der Waals surface area contributed by atoms with Crippen molar-refractivity contribution in [3.63, 3.8) is 0 Å². The van der Waals surface area contributed by atoms with Crippen LogP contribution in [-0.2, 0) is 0 Å². The molecule has 72 valence electrons. The van der Waals surface area contributed by atoms with E-state index in [1.54, 1.807) is 0 Å². The van der Waals surface area contributed by atoms with Gasteiger partial charge in [-0.1, -0.05) is 42.2 Å². The van der Waals surface area contributed by atoms with Crippen LogP contribution in [0.15, 0.2) is 23.8 Å².